The summed E-state index contributed by atoms with van der Waals surface area (Å²) in [4.78, 5) is 179. The maximum Gasteiger partial charge on any atom is 0.326 e. The van der Waals surface area contributed by atoms with Crippen LogP contribution >= 0.6 is 0 Å². The quantitative estimate of drug-likeness (QED) is 0.0264. The standard InChI is InChI=1S/2C40H54N8O8/c2*1-5-24(4)34(47-35(50)29(44-37(52)33(41)23(2)3)18-26-13-15-28(49)16-14-26)38(53)45-30(20-27-21-42-22-43-27)39(54)48-17-9-12-32(48)36(51)46-31(40(55)56)19-25-10-7-6-8-11-25/h2*6-8,10-11,13-16,21-24,29-34,49H,5,9,12,17-20,41H2,1-4H3,(H,42,43)(H,44,52)(H,45,53)(H,46,51)(H,47,50)(H,55,56)/t2*24-,29-,30-,31-,32-,33-,34-/m00/s1. The monoisotopic (exact) mass is 1550 g/mol. The molecule has 10 amide bonds. The number of phenols is 2. The van der Waals surface area contributed by atoms with Gasteiger partial charge in [-0.15, -0.1) is 0 Å². The summed E-state index contributed by atoms with van der Waals surface area (Å²) < 4.78 is 0. The number of imidazole rings is 2. The number of amides is 10. The molecular weight excluding hydrogens is 1440 g/mol. The molecule has 0 bridgehead atoms. The number of phenolic OH excluding ortho intramolecular Hbond substituents is 2. The minimum atomic E-state index is -1.23. The van der Waals surface area contributed by atoms with Gasteiger partial charge in [0.2, 0.25) is 59.1 Å². The predicted octanol–water partition coefficient (Wildman–Crippen LogP) is 2.37. The van der Waals surface area contributed by atoms with Crippen LogP contribution in [0.15, 0.2) is 134 Å². The zero-order chi connectivity index (χ0) is 81.9. The van der Waals surface area contributed by atoms with Gasteiger partial charge < -0.3 is 94.2 Å². The van der Waals surface area contributed by atoms with Crippen LogP contribution in [0.1, 0.15) is 128 Å². The summed E-state index contributed by atoms with van der Waals surface area (Å²) in [7, 11) is 0. The molecule has 0 aliphatic carbocycles. The molecular formula is C80H108N16O16. The minimum Gasteiger partial charge on any atom is -0.508 e. The Kier molecular flexibility index (Phi) is 33.3. The van der Waals surface area contributed by atoms with Gasteiger partial charge >= 0.3 is 11.9 Å². The number of benzene rings is 4. The molecule has 4 aromatic carbocycles. The van der Waals surface area contributed by atoms with Crippen molar-refractivity contribution in [1.82, 2.24) is 72.3 Å². The molecule has 18 N–H and O–H groups in total. The summed E-state index contributed by atoms with van der Waals surface area (Å²) in [5.74, 6) is -9.73. The molecule has 2 aliphatic rings. The average molecular weight is 1550 g/mol. The number of hydrogen-bond donors (Lipinski definition) is 16. The molecule has 2 saturated heterocycles. The molecule has 32 heteroatoms. The van der Waals surface area contributed by atoms with Crippen molar-refractivity contribution in [3.05, 3.63) is 168 Å². The van der Waals surface area contributed by atoms with E-state index in [9.17, 15) is 78.0 Å². The highest BCUT2D eigenvalue weighted by atomic mass is 16.4. The van der Waals surface area contributed by atoms with E-state index in [2.05, 4.69) is 62.5 Å². The number of carboxylic acids is 2. The Morgan fingerprint density at radius 3 is 1.04 bits per heavy atom. The van der Waals surface area contributed by atoms with Gasteiger partial charge in [0.05, 0.1) is 24.7 Å². The second-order valence-corrected chi connectivity index (χ2v) is 29.4. The molecule has 2 aromatic heterocycles. The summed E-state index contributed by atoms with van der Waals surface area (Å²) in [5.41, 5.74) is 16.0. The van der Waals surface area contributed by atoms with Crippen molar-refractivity contribution in [1.29, 1.82) is 0 Å². The number of carboxylic acid groups (broad SMARTS) is 2. The van der Waals surface area contributed by atoms with E-state index >= 15 is 0 Å². The number of carbonyl (C=O) groups excluding carboxylic acids is 10. The van der Waals surface area contributed by atoms with E-state index in [0.29, 0.717) is 61.0 Å². The Balaban J connectivity index is 0.000000311. The van der Waals surface area contributed by atoms with Gasteiger partial charge in [-0.25, -0.2) is 19.6 Å². The van der Waals surface area contributed by atoms with Crippen molar-refractivity contribution in [2.24, 2.45) is 35.1 Å². The Bertz CT molecular complexity index is 3840. The first kappa shape index (κ1) is 87.7. The molecule has 0 unspecified atom stereocenters. The topological polar surface area (TPSA) is 498 Å². The Morgan fingerprint density at radius 1 is 0.420 bits per heavy atom. The number of nitrogens with one attached hydrogen (secondary N) is 10. The van der Waals surface area contributed by atoms with Crippen LogP contribution in [0, 0.1) is 23.7 Å². The zero-order valence-corrected chi connectivity index (χ0v) is 64.5. The third-order valence-electron chi connectivity index (χ3n) is 20.3. The van der Waals surface area contributed by atoms with Gasteiger partial charge in [0, 0.05) is 75.4 Å². The number of likely N-dealkylation sites (tertiary alicyclic amines) is 2. The fourth-order valence-electron chi connectivity index (χ4n) is 13.0. The number of carbonyl (C=O) groups is 12. The molecule has 32 nitrogen and oxygen atoms in total. The van der Waals surface area contributed by atoms with Gasteiger partial charge in [-0.1, -0.05) is 153 Å². The van der Waals surface area contributed by atoms with E-state index in [-0.39, 0.29) is 74.9 Å². The molecule has 14 atom stereocenters. The Labute approximate surface area is 651 Å². The SMILES string of the molecule is CC[C@H](C)[C@H](NC(=O)[C@H](Cc1ccc(O)cc1)NC(=O)[C@@H](N)C(C)C)C(=O)N[C@@H](Cc1cnc[nH]1)C(=O)N1CCC[C@H]1C(=O)N[C@@H](Cc1ccccc1)C(=O)O.CC[C@H](C)[C@H](NC(=O)[C@H](Cc1ccc(O)cc1)NC(=O)[C@@H](N)C(C)C)C(=O)N[C@@H](Cc1cnc[nH]1)C(=O)N1CCC[C@H]1C(=O)N[C@@H](Cc1ccccc1)C(=O)O. The van der Waals surface area contributed by atoms with E-state index in [0.717, 1.165) is 11.1 Å². The molecule has 0 saturated carbocycles. The highest BCUT2D eigenvalue weighted by Gasteiger charge is 2.43. The first-order valence-corrected chi connectivity index (χ1v) is 37.9. The van der Waals surface area contributed by atoms with E-state index in [4.69, 9.17) is 11.5 Å². The predicted molar refractivity (Wildman–Crippen MR) is 413 cm³/mol. The van der Waals surface area contributed by atoms with Crippen molar-refractivity contribution in [2.75, 3.05) is 13.1 Å². The fourth-order valence-corrected chi connectivity index (χ4v) is 13.0. The van der Waals surface area contributed by atoms with Gasteiger partial charge in [-0.2, -0.15) is 0 Å². The molecule has 8 rings (SSSR count). The highest BCUT2D eigenvalue weighted by molar-refractivity contribution is 5.99. The first-order chi connectivity index (χ1) is 53.3. The molecule has 0 radical (unpaired) electrons. The van der Waals surface area contributed by atoms with Gasteiger partial charge in [0.1, 0.15) is 71.9 Å². The number of hydrogen-bond acceptors (Lipinski definition) is 18. The number of aromatic amines is 2. The normalized spacial score (nSPS) is 17.2. The lowest BCUT2D eigenvalue weighted by molar-refractivity contribution is -0.145. The maximum absolute atomic E-state index is 14.3. The summed E-state index contributed by atoms with van der Waals surface area (Å²) in [6, 6.07) is 16.9. The summed E-state index contributed by atoms with van der Waals surface area (Å²) in [5, 5.41) is 61.2. The van der Waals surface area contributed by atoms with Gasteiger partial charge in [0.25, 0.3) is 0 Å². The zero-order valence-electron chi connectivity index (χ0n) is 64.5. The highest BCUT2D eigenvalue weighted by Crippen LogP contribution is 2.24. The van der Waals surface area contributed by atoms with Gasteiger partial charge in [-0.3, -0.25) is 47.9 Å². The molecule has 2 aliphatic heterocycles. The third kappa shape index (κ3) is 25.8. The summed E-state index contributed by atoms with van der Waals surface area (Å²) >= 11 is 0. The smallest absolute Gasteiger partial charge is 0.326 e. The second kappa shape index (κ2) is 42.6. The van der Waals surface area contributed by atoms with Crippen LogP contribution in [0.25, 0.3) is 0 Å². The van der Waals surface area contributed by atoms with Crippen molar-refractivity contribution >= 4 is 71.0 Å². The molecule has 112 heavy (non-hydrogen) atoms. The van der Waals surface area contributed by atoms with Crippen molar-refractivity contribution in [2.45, 2.75) is 205 Å². The molecule has 604 valence electrons. The number of aromatic hydroxyl groups is 2. The van der Waals surface area contributed by atoms with Crippen LogP contribution in [-0.2, 0) is 96.1 Å². The van der Waals surface area contributed by atoms with E-state index in [1.165, 1.54) is 59.1 Å². The van der Waals surface area contributed by atoms with E-state index in [1.807, 2.05) is 13.8 Å². The summed E-state index contributed by atoms with van der Waals surface area (Å²) in [6.07, 6.45) is 8.47. The van der Waals surface area contributed by atoms with Crippen LogP contribution in [0.4, 0.5) is 0 Å². The lowest BCUT2D eigenvalue weighted by Crippen LogP contribution is -2.61. The van der Waals surface area contributed by atoms with Crippen molar-refractivity contribution < 1.29 is 78.0 Å². The fraction of sp³-hybridized carbons (Fsp3) is 0.475. The number of nitrogens with zero attached hydrogens (tertiary/aromatic N) is 4. The Hall–Kier alpha value is -11.5. The number of nitrogens with two attached hydrogens (primary N) is 2. The second-order valence-electron chi connectivity index (χ2n) is 29.4. The third-order valence-corrected chi connectivity index (χ3v) is 20.3. The largest absolute Gasteiger partial charge is 0.508 e. The molecule has 0 spiro atoms. The van der Waals surface area contributed by atoms with Gasteiger partial charge in [0.15, 0.2) is 0 Å². The number of aliphatic carboxylic acids is 2. The van der Waals surface area contributed by atoms with Crippen LogP contribution in [0.2, 0.25) is 0 Å². The molecule has 2 fully saturated rings. The van der Waals surface area contributed by atoms with E-state index < -0.39 is 155 Å². The van der Waals surface area contributed by atoms with E-state index in [1.54, 1.807) is 126 Å². The number of H-pyrrole nitrogens is 2. The number of aromatic nitrogens is 4. The molecule has 4 heterocycles. The molecule has 6 aromatic rings. The van der Waals surface area contributed by atoms with Crippen LogP contribution < -0.4 is 54.0 Å². The Morgan fingerprint density at radius 2 is 0.741 bits per heavy atom. The van der Waals surface area contributed by atoms with Gasteiger partial charge in [-0.05, 0) is 95.9 Å². The van der Waals surface area contributed by atoms with Crippen LogP contribution in [-0.4, -0.2) is 207 Å². The first-order valence-electron chi connectivity index (χ1n) is 37.9. The lowest BCUT2D eigenvalue weighted by Gasteiger charge is -2.31. The minimum absolute atomic E-state index is 0.0189. The lowest BCUT2D eigenvalue weighted by atomic mass is 9.96. The average Bonchev–Trinajstić information content (AvgIpc) is 1.53. The van der Waals surface area contributed by atoms with Crippen molar-refractivity contribution in [3.8, 4) is 11.5 Å². The van der Waals surface area contributed by atoms with Crippen LogP contribution in [0.5, 0.6) is 11.5 Å². The van der Waals surface area contributed by atoms with Crippen LogP contribution in [0.3, 0.4) is 0 Å². The number of rotatable bonds is 38. The maximum atomic E-state index is 14.3. The van der Waals surface area contributed by atoms with Crippen molar-refractivity contribution in [3.63, 3.8) is 0 Å². The summed E-state index contributed by atoms with van der Waals surface area (Å²) in [6.45, 7) is 14.7.